The summed E-state index contributed by atoms with van der Waals surface area (Å²) in [5.41, 5.74) is 1.30. The molecule has 0 radical (unpaired) electrons. The van der Waals surface area contributed by atoms with E-state index in [1.54, 1.807) is 36.4 Å². The van der Waals surface area contributed by atoms with Crippen LogP contribution >= 0.6 is 24.0 Å². The van der Waals surface area contributed by atoms with E-state index in [4.69, 9.17) is 17.0 Å². The Morgan fingerprint density at radius 2 is 1.90 bits per heavy atom. The first-order chi connectivity index (χ1) is 14.0. The average molecular weight is 429 g/mol. The van der Waals surface area contributed by atoms with Gasteiger partial charge in [0.25, 0.3) is 11.8 Å². The molecule has 1 N–H and O–H groups in total. The van der Waals surface area contributed by atoms with Crippen LogP contribution < -0.4 is 10.1 Å². The highest BCUT2D eigenvalue weighted by Gasteiger charge is 2.30. The number of carbonyl (C=O) groups is 2. The zero-order chi connectivity index (χ0) is 20.8. The second kappa shape index (κ2) is 9.49. The Hall–Kier alpha value is -2.97. The van der Waals surface area contributed by atoms with Gasteiger partial charge in [-0.15, -0.1) is 6.58 Å². The molecular weight excluding hydrogens is 411 g/mol. The van der Waals surface area contributed by atoms with Gasteiger partial charge in [0.1, 0.15) is 15.9 Å². The molecule has 0 bridgehead atoms. The molecule has 0 atom stereocenters. The molecule has 5 nitrogen and oxygen atoms in total. The Kier molecular flexibility index (Phi) is 6.79. The Morgan fingerprint density at radius 3 is 2.55 bits per heavy atom. The smallest absolute Gasteiger partial charge is 0.266 e. The minimum atomic E-state index is -0.373. The van der Waals surface area contributed by atoms with Gasteiger partial charge in [-0.05, 0) is 48.0 Å². The number of halogens is 1. The predicted molar refractivity (Wildman–Crippen MR) is 117 cm³/mol. The maximum Gasteiger partial charge on any atom is 0.266 e. The van der Waals surface area contributed by atoms with Crippen molar-refractivity contribution < 1.29 is 18.7 Å². The summed E-state index contributed by atoms with van der Waals surface area (Å²) in [6.45, 7) is 3.83. The molecule has 0 aromatic heterocycles. The molecule has 0 aliphatic carbocycles. The fourth-order valence-electron chi connectivity index (χ4n) is 2.48. The summed E-state index contributed by atoms with van der Waals surface area (Å²) in [6, 6.07) is 12.5. The van der Waals surface area contributed by atoms with E-state index in [2.05, 4.69) is 11.9 Å². The normalized spacial score (nSPS) is 14.9. The largest absolute Gasteiger partial charge is 0.484 e. The summed E-state index contributed by atoms with van der Waals surface area (Å²) >= 11 is 6.46. The third kappa shape index (κ3) is 5.52. The van der Waals surface area contributed by atoms with Gasteiger partial charge in [-0.1, -0.05) is 42.2 Å². The Labute approximate surface area is 177 Å². The van der Waals surface area contributed by atoms with Crippen LogP contribution in [0.15, 0.2) is 66.1 Å². The minimum Gasteiger partial charge on any atom is -0.484 e. The summed E-state index contributed by atoms with van der Waals surface area (Å²) in [5.74, 6) is -0.359. The van der Waals surface area contributed by atoms with Gasteiger partial charge in [-0.25, -0.2) is 4.39 Å². The second-order valence-corrected chi connectivity index (χ2v) is 7.67. The lowest BCUT2D eigenvalue weighted by molar-refractivity contribution is -0.121. The number of carbonyl (C=O) groups excluding carboxylic acids is 2. The molecule has 1 aliphatic heterocycles. The fourth-order valence-corrected chi connectivity index (χ4v) is 3.75. The Balaban J connectivity index is 1.55. The lowest BCUT2D eigenvalue weighted by Gasteiger charge is -2.10. The zero-order valence-corrected chi connectivity index (χ0v) is 16.9. The summed E-state index contributed by atoms with van der Waals surface area (Å²) in [6.07, 6.45) is 3.39. The van der Waals surface area contributed by atoms with Gasteiger partial charge in [0.05, 0.1) is 4.91 Å². The van der Waals surface area contributed by atoms with E-state index in [9.17, 15) is 14.0 Å². The number of anilines is 1. The fraction of sp³-hybridized carbons (Fsp3) is 0.0952. The average Bonchev–Trinajstić information content (AvgIpc) is 2.97. The molecule has 148 valence electrons. The van der Waals surface area contributed by atoms with Crippen LogP contribution in [0.1, 0.15) is 5.56 Å². The predicted octanol–water partition coefficient (Wildman–Crippen LogP) is 4.23. The van der Waals surface area contributed by atoms with Gasteiger partial charge in [-0.2, -0.15) is 0 Å². The number of nitrogens with zero attached hydrogens (tertiary/aromatic N) is 1. The first-order valence-electron chi connectivity index (χ1n) is 8.61. The van der Waals surface area contributed by atoms with Crippen LogP contribution in [0.2, 0.25) is 0 Å². The molecule has 1 heterocycles. The highest BCUT2D eigenvalue weighted by molar-refractivity contribution is 8.26. The van der Waals surface area contributed by atoms with E-state index in [0.29, 0.717) is 27.2 Å². The molecule has 2 aromatic carbocycles. The third-order valence-corrected chi connectivity index (χ3v) is 5.24. The van der Waals surface area contributed by atoms with Crippen molar-refractivity contribution in [3.05, 3.63) is 77.5 Å². The van der Waals surface area contributed by atoms with Crippen molar-refractivity contribution in [2.45, 2.75) is 0 Å². The van der Waals surface area contributed by atoms with E-state index in [0.717, 1.165) is 5.56 Å². The van der Waals surface area contributed by atoms with Gasteiger partial charge in [0.2, 0.25) is 0 Å². The maximum absolute atomic E-state index is 12.9. The number of ether oxygens (including phenoxy) is 1. The summed E-state index contributed by atoms with van der Waals surface area (Å²) < 4.78 is 18.8. The van der Waals surface area contributed by atoms with E-state index >= 15 is 0 Å². The number of thioether (sulfide) groups is 1. The molecule has 0 spiro atoms. The molecule has 1 fully saturated rings. The number of nitrogens with one attached hydrogen (secondary N) is 1. The topological polar surface area (TPSA) is 58.6 Å². The van der Waals surface area contributed by atoms with Gasteiger partial charge in [0.15, 0.2) is 6.61 Å². The molecule has 0 unspecified atom stereocenters. The molecule has 2 amide bonds. The first-order valence-corrected chi connectivity index (χ1v) is 9.83. The van der Waals surface area contributed by atoms with E-state index in [-0.39, 0.29) is 24.2 Å². The van der Waals surface area contributed by atoms with E-state index in [1.165, 1.54) is 40.9 Å². The molecule has 2 aromatic rings. The zero-order valence-electron chi connectivity index (χ0n) is 15.3. The van der Waals surface area contributed by atoms with E-state index in [1.807, 2.05) is 0 Å². The number of rotatable bonds is 7. The summed E-state index contributed by atoms with van der Waals surface area (Å²) in [7, 11) is 0. The molecule has 29 heavy (non-hydrogen) atoms. The number of hydrogen-bond donors (Lipinski definition) is 1. The Bertz CT molecular complexity index is 972. The summed E-state index contributed by atoms with van der Waals surface area (Å²) in [4.78, 5) is 26.3. The van der Waals surface area contributed by atoms with Gasteiger partial charge >= 0.3 is 0 Å². The lowest BCUT2D eigenvalue weighted by atomic mass is 10.2. The quantitative estimate of drug-likeness (QED) is 0.406. The van der Waals surface area contributed by atoms with Crippen LogP contribution in [-0.2, 0) is 9.59 Å². The van der Waals surface area contributed by atoms with Crippen molar-refractivity contribution in [1.29, 1.82) is 0 Å². The highest BCUT2D eigenvalue weighted by atomic mass is 32.2. The standard InChI is InChI=1S/C21H17FN2O3S2/c1-2-11-24-20(26)18(29-21(24)28)12-14-3-9-17(10-4-14)27-13-19(25)23-16-7-5-15(22)6-8-16/h2-10,12H,1,11,13H2,(H,23,25)/b18-12-. The van der Waals surface area contributed by atoms with Crippen molar-refractivity contribution in [2.75, 3.05) is 18.5 Å². The SMILES string of the molecule is C=CCN1C(=O)/C(=C/c2ccc(OCC(=O)Nc3ccc(F)cc3)cc2)SC1=S. The lowest BCUT2D eigenvalue weighted by Crippen LogP contribution is -2.27. The molecular formula is C21H17FN2O3S2. The molecule has 1 aliphatic rings. The van der Waals surface area contributed by atoms with E-state index < -0.39 is 0 Å². The number of amides is 2. The number of thiocarbonyl (C=S) groups is 1. The third-order valence-electron chi connectivity index (χ3n) is 3.86. The summed E-state index contributed by atoms with van der Waals surface area (Å²) in [5, 5.41) is 2.62. The number of benzene rings is 2. The molecule has 1 saturated heterocycles. The van der Waals surface area contributed by atoms with Crippen molar-refractivity contribution in [2.24, 2.45) is 0 Å². The van der Waals surface area contributed by atoms with Crippen LogP contribution in [0, 0.1) is 5.82 Å². The Morgan fingerprint density at radius 1 is 1.21 bits per heavy atom. The number of hydrogen-bond acceptors (Lipinski definition) is 5. The van der Waals surface area contributed by atoms with Crippen LogP contribution in [0.5, 0.6) is 5.75 Å². The maximum atomic E-state index is 12.9. The molecule has 3 rings (SSSR count). The molecule has 0 saturated carbocycles. The van der Waals surface area contributed by atoms with Crippen molar-refractivity contribution in [3.8, 4) is 5.75 Å². The van der Waals surface area contributed by atoms with Crippen molar-refractivity contribution in [3.63, 3.8) is 0 Å². The molecule has 8 heteroatoms. The van der Waals surface area contributed by atoms with Gasteiger partial charge in [0, 0.05) is 12.2 Å². The minimum absolute atomic E-state index is 0.141. The second-order valence-electron chi connectivity index (χ2n) is 5.99. The van der Waals surface area contributed by atoms with Crippen LogP contribution in [0.4, 0.5) is 10.1 Å². The van der Waals surface area contributed by atoms with Crippen LogP contribution in [-0.4, -0.2) is 34.2 Å². The van der Waals surface area contributed by atoms with Crippen LogP contribution in [0.25, 0.3) is 6.08 Å². The van der Waals surface area contributed by atoms with Crippen LogP contribution in [0.3, 0.4) is 0 Å². The highest BCUT2D eigenvalue weighted by Crippen LogP contribution is 2.32. The van der Waals surface area contributed by atoms with Gasteiger partial charge < -0.3 is 10.1 Å². The van der Waals surface area contributed by atoms with Crippen molar-refractivity contribution in [1.82, 2.24) is 4.90 Å². The van der Waals surface area contributed by atoms with Crippen molar-refractivity contribution >= 4 is 51.9 Å². The monoisotopic (exact) mass is 428 g/mol. The first kappa shape index (κ1) is 20.8. The van der Waals surface area contributed by atoms with Gasteiger partial charge in [-0.3, -0.25) is 14.5 Å².